The number of nitrogens with one attached hydrogen (secondary N) is 1. The van der Waals surface area contributed by atoms with Crippen LogP contribution < -0.4 is 5.32 Å². The van der Waals surface area contributed by atoms with Crippen LogP contribution in [0.3, 0.4) is 0 Å². The van der Waals surface area contributed by atoms with E-state index in [0.717, 1.165) is 16.5 Å². The maximum absolute atomic E-state index is 12.9. The number of halogens is 1. The highest BCUT2D eigenvalue weighted by Gasteiger charge is 2.20. The molecule has 0 atom stereocenters. The van der Waals surface area contributed by atoms with Crippen molar-refractivity contribution in [2.24, 2.45) is 0 Å². The molecule has 3 rings (SSSR count). The largest absolute Gasteiger partial charge is 0.337 e. The van der Waals surface area contributed by atoms with Gasteiger partial charge in [-0.3, -0.25) is 14.9 Å². The molecule has 1 N–H and O–H groups in total. The van der Waals surface area contributed by atoms with Crippen molar-refractivity contribution in [3.05, 3.63) is 68.3 Å². The second-order valence-corrected chi connectivity index (χ2v) is 6.46. The van der Waals surface area contributed by atoms with E-state index in [1.54, 1.807) is 6.07 Å². The molecule has 0 saturated heterocycles. The number of carbonyl (C=O) groups is 1. The van der Waals surface area contributed by atoms with Gasteiger partial charge in [0.25, 0.3) is 11.6 Å². The molecule has 1 heterocycles. The minimum atomic E-state index is -0.490. The van der Waals surface area contributed by atoms with Crippen LogP contribution in [0.5, 0.6) is 0 Å². The predicted octanol–water partition coefficient (Wildman–Crippen LogP) is 4.89. The van der Waals surface area contributed by atoms with Crippen LogP contribution in [-0.2, 0) is 6.54 Å². The summed E-state index contributed by atoms with van der Waals surface area (Å²) in [4.78, 5) is 23.4. The quantitative estimate of drug-likeness (QED) is 0.499. The molecular weight excluding hydrogens is 386 g/mol. The highest BCUT2D eigenvalue weighted by Crippen LogP contribution is 2.30. The summed E-state index contributed by atoms with van der Waals surface area (Å²) in [6.07, 6.45) is 0. The molecule has 0 aliphatic heterocycles. The number of nitro benzene ring substituents is 1. The lowest BCUT2D eigenvalue weighted by molar-refractivity contribution is -0.384. The molecule has 128 valence electrons. The summed E-state index contributed by atoms with van der Waals surface area (Å²) >= 11 is 3.33. The third kappa shape index (κ3) is 3.02. The number of amides is 1. The van der Waals surface area contributed by atoms with Gasteiger partial charge < -0.3 is 9.88 Å². The Kier molecular flexibility index (Phi) is 4.59. The van der Waals surface area contributed by atoms with E-state index in [4.69, 9.17) is 0 Å². The standard InChI is InChI=1S/C18H16BrN3O3/c1-3-21-16-7-5-4-6-13(16)11(2)17(21)18(23)20-15-10-12(22(24)25)8-9-14(15)19/h4-10H,3H2,1-2H3,(H,20,23). The predicted molar refractivity (Wildman–Crippen MR) is 101 cm³/mol. The molecule has 6 nitrogen and oxygen atoms in total. The zero-order chi connectivity index (χ0) is 18.1. The SMILES string of the molecule is CCn1c(C(=O)Nc2cc([N+](=O)[O-])ccc2Br)c(C)c2ccccc21. The van der Waals surface area contributed by atoms with Crippen LogP contribution in [0.4, 0.5) is 11.4 Å². The summed E-state index contributed by atoms with van der Waals surface area (Å²) in [6.45, 7) is 4.53. The third-order valence-corrected chi connectivity index (χ3v) is 4.86. The first kappa shape index (κ1) is 17.2. The van der Waals surface area contributed by atoms with Gasteiger partial charge in [-0.25, -0.2) is 0 Å². The Morgan fingerprint density at radius 2 is 2.00 bits per heavy atom. The average Bonchev–Trinajstić information content (AvgIpc) is 2.89. The second kappa shape index (κ2) is 6.68. The number of anilines is 1. The number of nitrogens with zero attached hydrogens (tertiary/aromatic N) is 2. The molecular formula is C18H16BrN3O3. The van der Waals surface area contributed by atoms with Gasteiger partial charge >= 0.3 is 0 Å². The fourth-order valence-electron chi connectivity index (χ4n) is 3.00. The molecule has 0 spiro atoms. The number of non-ortho nitro benzene ring substituents is 1. The number of hydrogen-bond donors (Lipinski definition) is 1. The number of para-hydroxylation sites is 1. The number of rotatable bonds is 4. The summed E-state index contributed by atoms with van der Waals surface area (Å²) < 4.78 is 2.54. The van der Waals surface area contributed by atoms with Gasteiger partial charge in [0.15, 0.2) is 0 Å². The van der Waals surface area contributed by atoms with Crippen molar-refractivity contribution < 1.29 is 9.72 Å². The summed E-state index contributed by atoms with van der Waals surface area (Å²) in [5.41, 5.74) is 2.72. The summed E-state index contributed by atoms with van der Waals surface area (Å²) in [6, 6.07) is 12.1. The van der Waals surface area contributed by atoms with E-state index in [9.17, 15) is 14.9 Å². The lowest BCUT2D eigenvalue weighted by atomic mass is 10.1. The molecule has 0 saturated carbocycles. The number of fused-ring (bicyclic) bond motifs is 1. The van der Waals surface area contributed by atoms with Gasteiger partial charge in [-0.1, -0.05) is 18.2 Å². The monoisotopic (exact) mass is 401 g/mol. The first-order valence-electron chi connectivity index (χ1n) is 7.77. The van der Waals surface area contributed by atoms with Gasteiger partial charge in [-0.15, -0.1) is 0 Å². The van der Waals surface area contributed by atoms with E-state index in [0.29, 0.717) is 22.4 Å². The van der Waals surface area contributed by atoms with Crippen molar-refractivity contribution in [3.63, 3.8) is 0 Å². The van der Waals surface area contributed by atoms with Gasteiger partial charge in [-0.2, -0.15) is 0 Å². The van der Waals surface area contributed by atoms with E-state index in [-0.39, 0.29) is 11.6 Å². The number of nitro groups is 1. The summed E-state index contributed by atoms with van der Waals surface area (Å²) in [5, 5.41) is 14.8. The number of aromatic nitrogens is 1. The van der Waals surface area contributed by atoms with Crippen LogP contribution in [0.15, 0.2) is 46.9 Å². The lowest BCUT2D eigenvalue weighted by Gasteiger charge is -2.11. The number of aryl methyl sites for hydroxylation is 2. The molecule has 0 radical (unpaired) electrons. The third-order valence-electron chi connectivity index (χ3n) is 4.16. The van der Waals surface area contributed by atoms with Gasteiger partial charge in [-0.05, 0) is 47.5 Å². The molecule has 2 aromatic carbocycles. The fourth-order valence-corrected chi connectivity index (χ4v) is 3.35. The molecule has 1 amide bonds. The van der Waals surface area contributed by atoms with Gasteiger partial charge in [0.05, 0.1) is 10.6 Å². The number of benzene rings is 2. The zero-order valence-corrected chi connectivity index (χ0v) is 15.3. The fraction of sp³-hybridized carbons (Fsp3) is 0.167. The summed E-state index contributed by atoms with van der Waals surface area (Å²) in [5.74, 6) is -0.295. The Hall–Kier alpha value is -2.67. The Labute approximate surface area is 152 Å². The van der Waals surface area contributed by atoms with E-state index < -0.39 is 4.92 Å². The molecule has 3 aromatic rings. The smallest absolute Gasteiger partial charge is 0.272 e. The summed E-state index contributed by atoms with van der Waals surface area (Å²) in [7, 11) is 0. The Balaban J connectivity index is 2.05. The minimum Gasteiger partial charge on any atom is -0.337 e. The van der Waals surface area contributed by atoms with Gasteiger partial charge in [0.1, 0.15) is 5.69 Å². The van der Waals surface area contributed by atoms with Crippen molar-refractivity contribution in [1.29, 1.82) is 0 Å². The van der Waals surface area contributed by atoms with Crippen LogP contribution >= 0.6 is 15.9 Å². The second-order valence-electron chi connectivity index (χ2n) is 5.61. The molecule has 7 heteroatoms. The first-order valence-corrected chi connectivity index (χ1v) is 8.56. The Bertz CT molecular complexity index is 995. The highest BCUT2D eigenvalue weighted by atomic mass is 79.9. The van der Waals surface area contributed by atoms with Crippen LogP contribution in [0.1, 0.15) is 23.0 Å². The van der Waals surface area contributed by atoms with Crippen molar-refractivity contribution >= 4 is 44.1 Å². The Morgan fingerprint density at radius 3 is 2.68 bits per heavy atom. The van der Waals surface area contributed by atoms with Crippen molar-refractivity contribution in [1.82, 2.24) is 4.57 Å². The van der Waals surface area contributed by atoms with Crippen molar-refractivity contribution in [3.8, 4) is 0 Å². The average molecular weight is 402 g/mol. The topological polar surface area (TPSA) is 77.2 Å². The number of carbonyl (C=O) groups excluding carboxylic acids is 1. The lowest BCUT2D eigenvalue weighted by Crippen LogP contribution is -2.18. The van der Waals surface area contributed by atoms with Crippen molar-refractivity contribution in [2.75, 3.05) is 5.32 Å². The molecule has 1 aromatic heterocycles. The van der Waals surface area contributed by atoms with E-state index >= 15 is 0 Å². The van der Waals surface area contributed by atoms with Crippen LogP contribution in [0.25, 0.3) is 10.9 Å². The molecule has 25 heavy (non-hydrogen) atoms. The highest BCUT2D eigenvalue weighted by molar-refractivity contribution is 9.10. The maximum atomic E-state index is 12.9. The molecule has 0 fully saturated rings. The maximum Gasteiger partial charge on any atom is 0.272 e. The molecule has 0 aliphatic carbocycles. The van der Waals surface area contributed by atoms with Crippen LogP contribution in [0, 0.1) is 17.0 Å². The molecule has 0 bridgehead atoms. The first-order chi connectivity index (χ1) is 11.9. The van der Waals surface area contributed by atoms with Gasteiger partial charge in [0, 0.05) is 34.1 Å². The van der Waals surface area contributed by atoms with E-state index in [2.05, 4.69) is 21.2 Å². The van der Waals surface area contributed by atoms with Crippen LogP contribution in [0.2, 0.25) is 0 Å². The molecule has 0 aliphatic rings. The minimum absolute atomic E-state index is 0.0775. The van der Waals surface area contributed by atoms with E-state index in [1.807, 2.05) is 42.7 Å². The van der Waals surface area contributed by atoms with E-state index in [1.165, 1.54) is 12.1 Å². The van der Waals surface area contributed by atoms with Crippen LogP contribution in [-0.4, -0.2) is 15.4 Å². The number of hydrogen-bond acceptors (Lipinski definition) is 3. The normalized spacial score (nSPS) is 10.8. The Morgan fingerprint density at radius 1 is 1.28 bits per heavy atom. The zero-order valence-electron chi connectivity index (χ0n) is 13.7. The van der Waals surface area contributed by atoms with Crippen molar-refractivity contribution in [2.45, 2.75) is 20.4 Å². The molecule has 0 unspecified atom stereocenters. The van der Waals surface area contributed by atoms with Gasteiger partial charge in [0.2, 0.25) is 0 Å².